The minimum atomic E-state index is 0.198. The predicted molar refractivity (Wildman–Crippen MR) is 129 cm³/mol. The van der Waals surface area contributed by atoms with Crippen molar-refractivity contribution in [3.63, 3.8) is 0 Å². The second kappa shape index (κ2) is 9.82. The molecule has 0 N–H and O–H groups in total. The van der Waals surface area contributed by atoms with E-state index >= 15 is 0 Å². The number of rotatable bonds is 5. The van der Waals surface area contributed by atoms with Crippen LogP contribution < -0.4 is 4.74 Å². The molecule has 0 radical (unpaired) electrons. The zero-order valence-electron chi connectivity index (χ0n) is 20.4. The maximum Gasteiger partial charge on any atom is 0.213 e. The first kappa shape index (κ1) is 23.0. The van der Waals surface area contributed by atoms with E-state index in [0.717, 1.165) is 48.6 Å². The Kier molecular flexibility index (Phi) is 6.63. The molecule has 0 bridgehead atoms. The van der Waals surface area contributed by atoms with Gasteiger partial charge in [0.15, 0.2) is 0 Å². The Labute approximate surface area is 200 Å². The van der Waals surface area contributed by atoms with Crippen LogP contribution in [0.5, 0.6) is 5.88 Å². The van der Waals surface area contributed by atoms with E-state index in [2.05, 4.69) is 42.8 Å². The predicted octanol–water partition coefficient (Wildman–Crippen LogP) is 3.62. The Morgan fingerprint density at radius 1 is 1.06 bits per heavy atom. The molecule has 0 unspecified atom stereocenters. The van der Waals surface area contributed by atoms with Gasteiger partial charge in [-0.2, -0.15) is 5.10 Å². The molecule has 0 aliphatic carbocycles. The summed E-state index contributed by atoms with van der Waals surface area (Å²) in [5.74, 6) is 0.588. The first-order valence-electron chi connectivity index (χ1n) is 12.1. The average Bonchev–Trinajstić information content (AvgIpc) is 3.03. The third-order valence-electron chi connectivity index (χ3n) is 6.72. The highest BCUT2D eigenvalue weighted by Gasteiger charge is 2.28. The largest absolute Gasteiger partial charge is 0.481 e. The Hall–Kier alpha value is -2.81. The summed E-state index contributed by atoms with van der Waals surface area (Å²) in [6.45, 7) is 9.70. The fraction of sp³-hybridized carbons (Fsp3) is 0.500. The van der Waals surface area contributed by atoms with Crippen molar-refractivity contribution in [2.24, 2.45) is 0 Å². The van der Waals surface area contributed by atoms with Crippen LogP contribution in [0.1, 0.15) is 43.8 Å². The van der Waals surface area contributed by atoms with Gasteiger partial charge in [0.05, 0.1) is 61.5 Å². The SMILES string of the molecule is COc1ccc(-n2nc(-c3ccnc([C@H](C)N4C[C@@H](C)O[C@@H](C)C4)c3)c3c2CCOCC3)cn1. The Morgan fingerprint density at radius 2 is 1.85 bits per heavy atom. The molecule has 3 aromatic heterocycles. The number of nitrogens with zero attached hydrogens (tertiary/aromatic N) is 5. The highest BCUT2D eigenvalue weighted by atomic mass is 16.5. The van der Waals surface area contributed by atoms with E-state index < -0.39 is 0 Å². The summed E-state index contributed by atoms with van der Waals surface area (Å²) >= 11 is 0. The van der Waals surface area contributed by atoms with Gasteiger partial charge >= 0.3 is 0 Å². The maximum atomic E-state index is 5.93. The first-order chi connectivity index (χ1) is 16.5. The van der Waals surface area contributed by atoms with Crippen LogP contribution in [-0.4, -0.2) is 70.3 Å². The summed E-state index contributed by atoms with van der Waals surface area (Å²) in [6, 6.07) is 8.32. The molecule has 5 rings (SSSR count). The lowest BCUT2D eigenvalue weighted by Crippen LogP contribution is -2.46. The molecule has 1 fully saturated rings. The zero-order chi connectivity index (χ0) is 23.7. The summed E-state index contributed by atoms with van der Waals surface area (Å²) in [5, 5.41) is 5.09. The fourth-order valence-electron chi connectivity index (χ4n) is 5.06. The summed E-state index contributed by atoms with van der Waals surface area (Å²) in [5.41, 5.74) is 6.48. The smallest absolute Gasteiger partial charge is 0.213 e. The molecule has 0 spiro atoms. The quantitative estimate of drug-likeness (QED) is 0.572. The van der Waals surface area contributed by atoms with E-state index in [9.17, 15) is 0 Å². The van der Waals surface area contributed by atoms with Gasteiger partial charge in [0, 0.05) is 48.9 Å². The summed E-state index contributed by atoms with van der Waals surface area (Å²) < 4.78 is 19.0. The maximum absolute atomic E-state index is 5.93. The minimum absolute atomic E-state index is 0.198. The lowest BCUT2D eigenvalue weighted by molar-refractivity contribution is -0.0793. The number of hydrogen-bond acceptors (Lipinski definition) is 7. The van der Waals surface area contributed by atoms with E-state index in [4.69, 9.17) is 24.3 Å². The molecule has 5 heterocycles. The topological polar surface area (TPSA) is 74.5 Å². The molecule has 0 aromatic carbocycles. The second-order valence-corrected chi connectivity index (χ2v) is 9.21. The molecule has 3 atom stereocenters. The van der Waals surface area contributed by atoms with Crippen molar-refractivity contribution in [3.05, 3.63) is 53.6 Å². The van der Waals surface area contributed by atoms with Gasteiger partial charge < -0.3 is 14.2 Å². The van der Waals surface area contributed by atoms with Gasteiger partial charge in [-0.15, -0.1) is 0 Å². The molecule has 1 saturated heterocycles. The van der Waals surface area contributed by atoms with Crippen LogP contribution in [-0.2, 0) is 22.3 Å². The number of hydrogen-bond donors (Lipinski definition) is 0. The van der Waals surface area contributed by atoms with Crippen molar-refractivity contribution < 1.29 is 14.2 Å². The minimum Gasteiger partial charge on any atom is -0.481 e. The Bertz CT molecular complexity index is 1120. The number of fused-ring (bicyclic) bond motifs is 1. The van der Waals surface area contributed by atoms with Crippen molar-refractivity contribution in [2.45, 2.75) is 51.9 Å². The number of pyridine rings is 2. The van der Waals surface area contributed by atoms with Crippen LogP contribution in [0.25, 0.3) is 16.9 Å². The van der Waals surface area contributed by atoms with Crippen molar-refractivity contribution in [3.8, 4) is 22.8 Å². The number of methoxy groups -OCH3 is 1. The first-order valence-corrected chi connectivity index (χ1v) is 12.1. The highest BCUT2D eigenvalue weighted by Crippen LogP contribution is 2.32. The molecule has 8 heteroatoms. The summed E-state index contributed by atoms with van der Waals surface area (Å²) in [4.78, 5) is 11.6. The molecule has 180 valence electrons. The normalized spacial score (nSPS) is 22.1. The number of morpholine rings is 1. The van der Waals surface area contributed by atoms with Crippen LogP contribution in [0.15, 0.2) is 36.7 Å². The van der Waals surface area contributed by atoms with Crippen molar-refractivity contribution in [1.82, 2.24) is 24.6 Å². The van der Waals surface area contributed by atoms with Gasteiger partial charge in [0.25, 0.3) is 0 Å². The van der Waals surface area contributed by atoms with E-state index in [1.165, 1.54) is 11.3 Å². The van der Waals surface area contributed by atoms with Crippen LogP contribution in [0, 0.1) is 0 Å². The fourth-order valence-corrected chi connectivity index (χ4v) is 5.06. The van der Waals surface area contributed by atoms with Gasteiger partial charge in [0.1, 0.15) is 0 Å². The van der Waals surface area contributed by atoms with Gasteiger partial charge in [0.2, 0.25) is 5.88 Å². The van der Waals surface area contributed by atoms with Crippen molar-refractivity contribution in [1.29, 1.82) is 0 Å². The van der Waals surface area contributed by atoms with Gasteiger partial charge in [-0.05, 0) is 45.4 Å². The molecular formula is C26H33N5O3. The standard InChI is InChI=1S/C26H33N5O3/c1-17-15-30(16-18(2)34-17)19(3)23-13-20(7-10-27-23)26-22-8-11-33-12-9-24(22)31(29-26)21-5-6-25(32-4)28-14-21/h5-7,10,13-14,17-19H,8-9,11-12,15-16H2,1-4H3/t17-,18+,19-/m0/s1. The third-order valence-corrected chi connectivity index (χ3v) is 6.72. The van der Waals surface area contributed by atoms with E-state index in [1.54, 1.807) is 7.11 Å². The molecule has 8 nitrogen and oxygen atoms in total. The van der Waals surface area contributed by atoms with Gasteiger partial charge in [-0.25, -0.2) is 9.67 Å². The van der Waals surface area contributed by atoms with Crippen molar-refractivity contribution >= 4 is 0 Å². The molecular weight excluding hydrogens is 430 g/mol. The molecule has 0 amide bonds. The van der Waals surface area contributed by atoms with Crippen LogP contribution >= 0.6 is 0 Å². The van der Waals surface area contributed by atoms with Crippen LogP contribution in [0.4, 0.5) is 0 Å². The van der Waals surface area contributed by atoms with E-state index in [-0.39, 0.29) is 18.2 Å². The number of ether oxygens (including phenoxy) is 3. The Balaban J connectivity index is 1.51. The summed E-state index contributed by atoms with van der Waals surface area (Å²) in [6.07, 6.45) is 5.80. The summed E-state index contributed by atoms with van der Waals surface area (Å²) in [7, 11) is 1.62. The molecule has 34 heavy (non-hydrogen) atoms. The van der Waals surface area contributed by atoms with Gasteiger partial charge in [-0.3, -0.25) is 9.88 Å². The monoisotopic (exact) mass is 463 g/mol. The van der Waals surface area contributed by atoms with E-state index in [0.29, 0.717) is 19.1 Å². The number of aromatic nitrogens is 4. The second-order valence-electron chi connectivity index (χ2n) is 9.21. The lowest BCUT2D eigenvalue weighted by atomic mass is 10.0. The zero-order valence-corrected chi connectivity index (χ0v) is 20.4. The molecule has 2 aliphatic heterocycles. The highest BCUT2D eigenvalue weighted by molar-refractivity contribution is 5.65. The average molecular weight is 464 g/mol. The molecule has 0 saturated carbocycles. The third kappa shape index (κ3) is 4.58. The van der Waals surface area contributed by atoms with Crippen molar-refractivity contribution in [2.75, 3.05) is 33.4 Å². The van der Waals surface area contributed by atoms with Crippen LogP contribution in [0.3, 0.4) is 0 Å². The van der Waals surface area contributed by atoms with Gasteiger partial charge in [-0.1, -0.05) is 0 Å². The van der Waals surface area contributed by atoms with Crippen LogP contribution in [0.2, 0.25) is 0 Å². The Morgan fingerprint density at radius 3 is 2.59 bits per heavy atom. The lowest BCUT2D eigenvalue weighted by Gasteiger charge is -2.38. The van der Waals surface area contributed by atoms with E-state index in [1.807, 2.05) is 29.2 Å². The molecule has 3 aromatic rings. The molecule has 2 aliphatic rings.